The third-order valence-corrected chi connectivity index (χ3v) is 5.84. The summed E-state index contributed by atoms with van der Waals surface area (Å²) in [4.78, 5) is 1.53. The first kappa shape index (κ1) is 18.2. The Morgan fingerprint density at radius 1 is 1.07 bits per heavy atom. The molecule has 0 amide bonds. The molecule has 4 rings (SSSR count). The Balaban J connectivity index is 1.36. The Hall–Kier alpha value is -2.17. The summed E-state index contributed by atoms with van der Waals surface area (Å²) in [6.45, 7) is 4.48. The fourth-order valence-electron chi connectivity index (χ4n) is 3.96. The molecule has 1 saturated heterocycles. The van der Waals surface area contributed by atoms with Gasteiger partial charge in [0.2, 0.25) is 5.89 Å². The van der Waals surface area contributed by atoms with Crippen LogP contribution in [0.1, 0.15) is 37.3 Å². The van der Waals surface area contributed by atoms with Crippen molar-refractivity contribution >= 4 is 11.6 Å². The first-order valence-electron chi connectivity index (χ1n) is 9.67. The number of aromatic nitrogens is 2. The average molecular weight is 383 g/mol. The molecule has 3 aromatic rings. The van der Waals surface area contributed by atoms with E-state index in [0.717, 1.165) is 24.6 Å². The molecule has 0 aliphatic carbocycles. The van der Waals surface area contributed by atoms with E-state index in [-0.39, 0.29) is 6.04 Å². The molecule has 0 bridgehead atoms. The predicted octanol–water partition coefficient (Wildman–Crippen LogP) is 3.99. The highest BCUT2D eigenvalue weighted by Gasteiger charge is 2.30. The molecule has 0 spiro atoms. The normalized spacial score (nSPS) is 21.1. The van der Waals surface area contributed by atoms with Crippen molar-refractivity contribution in [1.82, 2.24) is 10.2 Å². The maximum absolute atomic E-state index is 6.06. The van der Waals surface area contributed by atoms with Crippen LogP contribution in [0.2, 0.25) is 5.02 Å². The second-order valence-corrected chi connectivity index (χ2v) is 7.91. The lowest BCUT2D eigenvalue weighted by atomic mass is 9.89. The second-order valence-electron chi connectivity index (χ2n) is 7.47. The smallest absolute Gasteiger partial charge is 0.274 e. The third-order valence-electron chi connectivity index (χ3n) is 5.61. The van der Waals surface area contributed by atoms with Crippen LogP contribution in [0.3, 0.4) is 0 Å². The number of quaternary nitrogens is 1. The Kier molecular flexibility index (Phi) is 5.55. The van der Waals surface area contributed by atoms with E-state index in [2.05, 4.69) is 47.5 Å². The van der Waals surface area contributed by atoms with Crippen LogP contribution in [-0.4, -0.2) is 23.3 Å². The molecule has 1 N–H and O–H groups in total. The fraction of sp³-hybridized carbons (Fsp3) is 0.364. The van der Waals surface area contributed by atoms with E-state index in [0.29, 0.717) is 16.8 Å². The van der Waals surface area contributed by atoms with Gasteiger partial charge in [-0.05, 0) is 55.9 Å². The first-order chi connectivity index (χ1) is 13.2. The number of benzene rings is 2. The van der Waals surface area contributed by atoms with Crippen LogP contribution in [0.4, 0.5) is 0 Å². The number of rotatable bonds is 5. The van der Waals surface area contributed by atoms with Crippen LogP contribution in [-0.2, 0) is 6.42 Å². The highest BCUT2D eigenvalue weighted by Crippen LogP contribution is 2.23. The molecular formula is C22H25ClN3O+. The van der Waals surface area contributed by atoms with Crippen molar-refractivity contribution < 1.29 is 9.32 Å². The summed E-state index contributed by atoms with van der Waals surface area (Å²) < 4.78 is 5.96. The summed E-state index contributed by atoms with van der Waals surface area (Å²) in [5.41, 5.74) is 2.31. The van der Waals surface area contributed by atoms with Crippen molar-refractivity contribution in [3.63, 3.8) is 0 Å². The molecule has 1 fully saturated rings. The minimum absolute atomic E-state index is 0.211. The zero-order valence-electron chi connectivity index (χ0n) is 15.6. The lowest BCUT2D eigenvalue weighted by Crippen LogP contribution is -3.13. The van der Waals surface area contributed by atoms with E-state index >= 15 is 0 Å². The van der Waals surface area contributed by atoms with Crippen LogP contribution in [0, 0.1) is 5.92 Å². The van der Waals surface area contributed by atoms with Crippen molar-refractivity contribution in [1.29, 1.82) is 0 Å². The molecule has 2 heterocycles. The van der Waals surface area contributed by atoms with Crippen molar-refractivity contribution in [3.8, 4) is 11.5 Å². The molecule has 4 nitrogen and oxygen atoms in total. The van der Waals surface area contributed by atoms with E-state index in [1.54, 1.807) is 0 Å². The molecule has 5 heteroatoms. The van der Waals surface area contributed by atoms with Crippen LogP contribution in [0.25, 0.3) is 11.5 Å². The van der Waals surface area contributed by atoms with Gasteiger partial charge in [-0.15, -0.1) is 10.2 Å². The number of piperidine rings is 1. The van der Waals surface area contributed by atoms with Gasteiger partial charge in [-0.3, -0.25) is 0 Å². The van der Waals surface area contributed by atoms with Gasteiger partial charge in [-0.2, -0.15) is 0 Å². The van der Waals surface area contributed by atoms with Gasteiger partial charge < -0.3 is 9.32 Å². The number of hydrogen-bond donors (Lipinski definition) is 1. The molecule has 1 aliphatic heterocycles. The molecule has 140 valence electrons. The van der Waals surface area contributed by atoms with Crippen LogP contribution >= 0.6 is 11.6 Å². The largest absolute Gasteiger partial charge is 0.415 e. The summed E-state index contributed by atoms with van der Waals surface area (Å²) in [5, 5.41) is 9.20. The molecule has 27 heavy (non-hydrogen) atoms. The monoisotopic (exact) mass is 382 g/mol. The van der Waals surface area contributed by atoms with Crippen molar-refractivity contribution in [2.24, 2.45) is 5.92 Å². The predicted molar refractivity (Wildman–Crippen MR) is 107 cm³/mol. The van der Waals surface area contributed by atoms with Crippen LogP contribution in [0.5, 0.6) is 0 Å². The zero-order valence-corrected chi connectivity index (χ0v) is 16.3. The quantitative estimate of drug-likeness (QED) is 0.725. The van der Waals surface area contributed by atoms with Crippen molar-refractivity contribution in [2.75, 3.05) is 13.1 Å². The molecule has 1 atom stereocenters. The summed E-state index contributed by atoms with van der Waals surface area (Å²) >= 11 is 6.06. The van der Waals surface area contributed by atoms with Gasteiger partial charge in [0.15, 0.2) is 6.04 Å². The Morgan fingerprint density at radius 3 is 2.59 bits per heavy atom. The Bertz CT molecular complexity index is 872. The zero-order chi connectivity index (χ0) is 18.6. The fourth-order valence-corrected chi connectivity index (χ4v) is 4.15. The standard InChI is InChI=1S/C22H24ClN3O/c1-16(21-24-25-22(27-21)19-8-5-9-20(23)15-19)26-12-10-18(11-13-26)14-17-6-3-2-4-7-17/h2-9,15-16,18H,10-14H2,1H3/p+1/t16-/m0/s1. The highest BCUT2D eigenvalue weighted by molar-refractivity contribution is 6.30. The first-order valence-corrected chi connectivity index (χ1v) is 10.0. The molecule has 1 aromatic heterocycles. The minimum Gasteiger partial charge on any atom is -0.415 e. The summed E-state index contributed by atoms with van der Waals surface area (Å²) in [5.74, 6) is 2.02. The SMILES string of the molecule is C[C@@H](c1nnc(-c2cccc(Cl)c2)o1)[NH+]1CCC(Cc2ccccc2)CC1. The van der Waals surface area contributed by atoms with Crippen molar-refractivity contribution in [3.05, 3.63) is 71.1 Å². The molecule has 2 aromatic carbocycles. The lowest BCUT2D eigenvalue weighted by molar-refractivity contribution is -0.936. The third kappa shape index (κ3) is 4.40. The van der Waals surface area contributed by atoms with E-state index in [4.69, 9.17) is 16.0 Å². The second kappa shape index (κ2) is 8.24. The highest BCUT2D eigenvalue weighted by atomic mass is 35.5. The maximum atomic E-state index is 6.06. The van der Waals surface area contributed by atoms with Crippen LogP contribution in [0.15, 0.2) is 59.0 Å². The van der Waals surface area contributed by atoms with E-state index in [9.17, 15) is 0 Å². The van der Waals surface area contributed by atoms with E-state index in [1.807, 2.05) is 24.3 Å². The Morgan fingerprint density at radius 2 is 1.85 bits per heavy atom. The molecule has 1 aliphatic rings. The van der Waals surface area contributed by atoms with E-state index < -0.39 is 0 Å². The van der Waals surface area contributed by atoms with Gasteiger partial charge >= 0.3 is 0 Å². The van der Waals surface area contributed by atoms with Gasteiger partial charge in [0.1, 0.15) is 0 Å². The summed E-state index contributed by atoms with van der Waals surface area (Å²) in [6, 6.07) is 18.6. The van der Waals surface area contributed by atoms with Crippen LogP contribution < -0.4 is 4.90 Å². The van der Waals surface area contributed by atoms with Gasteiger partial charge in [0, 0.05) is 10.6 Å². The molecule has 0 radical (unpaired) electrons. The molecule has 0 unspecified atom stereocenters. The van der Waals surface area contributed by atoms with Gasteiger partial charge in [-0.1, -0.05) is 48.0 Å². The number of nitrogens with zero attached hydrogens (tertiary/aromatic N) is 2. The lowest BCUT2D eigenvalue weighted by Gasteiger charge is -2.31. The molecular weight excluding hydrogens is 358 g/mol. The van der Waals surface area contributed by atoms with Gasteiger partial charge in [0.05, 0.1) is 13.1 Å². The summed E-state index contributed by atoms with van der Waals surface area (Å²) in [6.07, 6.45) is 3.66. The average Bonchev–Trinajstić information content (AvgIpc) is 3.19. The number of likely N-dealkylation sites (tertiary alicyclic amines) is 1. The van der Waals surface area contributed by atoms with Crippen molar-refractivity contribution in [2.45, 2.75) is 32.2 Å². The number of hydrogen-bond acceptors (Lipinski definition) is 3. The van der Waals surface area contributed by atoms with Gasteiger partial charge in [-0.25, -0.2) is 0 Å². The maximum Gasteiger partial charge on any atom is 0.274 e. The molecule has 0 saturated carbocycles. The Labute approximate surface area is 165 Å². The number of nitrogens with one attached hydrogen (secondary N) is 1. The van der Waals surface area contributed by atoms with E-state index in [1.165, 1.54) is 29.7 Å². The minimum atomic E-state index is 0.211. The number of halogens is 1. The van der Waals surface area contributed by atoms with Gasteiger partial charge in [0.25, 0.3) is 5.89 Å². The summed E-state index contributed by atoms with van der Waals surface area (Å²) in [7, 11) is 0. The topological polar surface area (TPSA) is 43.4 Å².